The van der Waals surface area contributed by atoms with Gasteiger partial charge in [0.25, 0.3) is 0 Å². The van der Waals surface area contributed by atoms with Crippen LogP contribution in [0.3, 0.4) is 0 Å². The highest BCUT2D eigenvalue weighted by Gasteiger charge is 2.42. The number of hydrogen-bond donors (Lipinski definition) is 5. The van der Waals surface area contributed by atoms with E-state index in [0.29, 0.717) is 10.7 Å². The van der Waals surface area contributed by atoms with Crippen LogP contribution in [0, 0.1) is 0 Å². The van der Waals surface area contributed by atoms with Crippen molar-refractivity contribution in [3.8, 4) is 0 Å². The highest BCUT2D eigenvalue weighted by Crippen LogP contribution is 2.25. The van der Waals surface area contributed by atoms with E-state index in [0.717, 1.165) is 17.3 Å². The van der Waals surface area contributed by atoms with Gasteiger partial charge >= 0.3 is 0 Å². The zero-order valence-corrected chi connectivity index (χ0v) is 11.0. The molecule has 1 aliphatic rings. The summed E-state index contributed by atoms with van der Waals surface area (Å²) in [5.41, 5.74) is 0.602. The molecule has 0 radical (unpaired) electrons. The lowest BCUT2D eigenvalue weighted by atomic mass is 10.1. The normalized spacial score (nSPS) is 30.1. The molecule has 2 aromatic rings. The first-order valence-electron chi connectivity index (χ1n) is 5.89. The van der Waals surface area contributed by atoms with Gasteiger partial charge in [-0.05, 0) is 11.9 Å². The van der Waals surface area contributed by atoms with Crippen molar-refractivity contribution >= 4 is 23.0 Å². The van der Waals surface area contributed by atoms with Crippen LogP contribution >= 0.6 is 11.9 Å². The number of nitrogens with one attached hydrogen (secondary N) is 2. The summed E-state index contributed by atoms with van der Waals surface area (Å²) in [6.45, 7) is -0.361. The van der Waals surface area contributed by atoms with E-state index < -0.39 is 24.5 Å². The van der Waals surface area contributed by atoms with Crippen LogP contribution in [0.25, 0.3) is 11.0 Å². The third kappa shape index (κ3) is 2.37. The summed E-state index contributed by atoms with van der Waals surface area (Å²) in [7, 11) is 0. The molecular weight excluding hydrogens is 286 g/mol. The van der Waals surface area contributed by atoms with Crippen LogP contribution < -0.4 is 4.72 Å². The first-order valence-corrected chi connectivity index (χ1v) is 6.71. The molecule has 108 valence electrons. The molecule has 20 heavy (non-hydrogen) atoms. The largest absolute Gasteiger partial charge is 0.394 e. The van der Waals surface area contributed by atoms with Crippen molar-refractivity contribution in [2.45, 2.75) is 29.6 Å². The van der Waals surface area contributed by atoms with Crippen molar-refractivity contribution in [3.05, 3.63) is 12.5 Å². The highest BCUT2D eigenvalue weighted by molar-refractivity contribution is 7.97. The lowest BCUT2D eigenvalue weighted by Crippen LogP contribution is -2.38. The molecule has 0 spiro atoms. The van der Waals surface area contributed by atoms with Gasteiger partial charge in [-0.1, -0.05) is 0 Å². The van der Waals surface area contributed by atoms with E-state index in [9.17, 15) is 10.2 Å². The third-order valence-electron chi connectivity index (χ3n) is 3.03. The van der Waals surface area contributed by atoms with Crippen LogP contribution in [0.4, 0.5) is 0 Å². The molecule has 0 aromatic carbocycles. The van der Waals surface area contributed by atoms with Crippen molar-refractivity contribution in [2.75, 3.05) is 6.61 Å². The monoisotopic (exact) mass is 299 g/mol. The number of fused-ring (bicyclic) bond motifs is 1. The summed E-state index contributed by atoms with van der Waals surface area (Å²) in [6, 6.07) is 0. The molecular formula is C10H13N5O4S. The molecule has 2 aromatic heterocycles. The Bertz CT molecular complexity index is 596. The fourth-order valence-electron chi connectivity index (χ4n) is 1.93. The highest BCUT2D eigenvalue weighted by atomic mass is 32.2. The predicted octanol–water partition coefficient (Wildman–Crippen LogP) is -1.61. The minimum atomic E-state index is -1.13. The SMILES string of the molecule is OC[C@H]1OC(NSc2ncnc3[nH]ncc23)[C@H](O)[C@@H]1O. The molecule has 0 amide bonds. The maximum absolute atomic E-state index is 9.80. The number of hydrogen-bond acceptors (Lipinski definition) is 9. The maximum atomic E-state index is 9.80. The van der Waals surface area contributed by atoms with Crippen LogP contribution in [0.5, 0.6) is 0 Å². The Labute approximate surface area is 117 Å². The average Bonchev–Trinajstić information content (AvgIpc) is 3.04. The maximum Gasteiger partial charge on any atom is 0.159 e. The molecule has 9 nitrogen and oxygen atoms in total. The third-order valence-corrected chi connectivity index (χ3v) is 3.89. The molecule has 3 heterocycles. The fraction of sp³-hybridized carbons (Fsp3) is 0.500. The fourth-order valence-corrected chi connectivity index (χ4v) is 2.72. The van der Waals surface area contributed by atoms with Gasteiger partial charge in [-0.2, -0.15) is 5.10 Å². The average molecular weight is 299 g/mol. The number of rotatable bonds is 4. The summed E-state index contributed by atoms with van der Waals surface area (Å²) >= 11 is 1.13. The molecule has 5 N–H and O–H groups in total. The van der Waals surface area contributed by atoms with Gasteiger partial charge < -0.3 is 20.1 Å². The van der Waals surface area contributed by atoms with Gasteiger partial charge in [0.15, 0.2) is 5.65 Å². The van der Waals surface area contributed by atoms with Crippen LogP contribution in [-0.2, 0) is 4.74 Å². The zero-order valence-electron chi connectivity index (χ0n) is 10.2. The van der Waals surface area contributed by atoms with Gasteiger partial charge in [-0.25, -0.2) is 14.7 Å². The lowest BCUT2D eigenvalue weighted by molar-refractivity contribution is -0.0241. The molecule has 0 aliphatic carbocycles. The Morgan fingerprint density at radius 2 is 2.20 bits per heavy atom. The van der Waals surface area contributed by atoms with Crippen molar-refractivity contribution < 1.29 is 20.1 Å². The van der Waals surface area contributed by atoms with E-state index in [-0.39, 0.29) is 6.61 Å². The molecule has 1 unspecified atom stereocenters. The summed E-state index contributed by atoms with van der Waals surface area (Å²) in [6.07, 6.45) is -0.872. The second kappa shape index (κ2) is 5.60. The van der Waals surface area contributed by atoms with Gasteiger partial charge in [-0.15, -0.1) is 0 Å². The number of aliphatic hydroxyl groups excluding tert-OH is 3. The smallest absolute Gasteiger partial charge is 0.159 e. The van der Waals surface area contributed by atoms with E-state index in [4.69, 9.17) is 9.84 Å². The molecule has 0 saturated carbocycles. The molecule has 1 fully saturated rings. The number of aliphatic hydroxyl groups is 3. The molecule has 1 saturated heterocycles. The predicted molar refractivity (Wildman–Crippen MR) is 68.4 cm³/mol. The molecule has 3 rings (SSSR count). The van der Waals surface area contributed by atoms with Gasteiger partial charge in [0, 0.05) is 0 Å². The van der Waals surface area contributed by atoms with Crippen LogP contribution in [0.15, 0.2) is 17.6 Å². The van der Waals surface area contributed by atoms with E-state index >= 15 is 0 Å². The van der Waals surface area contributed by atoms with E-state index in [1.807, 2.05) is 0 Å². The number of H-pyrrole nitrogens is 1. The first-order chi connectivity index (χ1) is 9.70. The molecule has 1 aliphatic heterocycles. The van der Waals surface area contributed by atoms with Crippen molar-refractivity contribution in [3.63, 3.8) is 0 Å². The summed E-state index contributed by atoms with van der Waals surface area (Å²) < 4.78 is 8.17. The summed E-state index contributed by atoms with van der Waals surface area (Å²) in [4.78, 5) is 8.11. The van der Waals surface area contributed by atoms with Crippen molar-refractivity contribution in [1.29, 1.82) is 0 Å². The topological polar surface area (TPSA) is 136 Å². The van der Waals surface area contributed by atoms with Crippen LogP contribution in [-0.4, -0.2) is 66.6 Å². The Kier molecular flexibility index (Phi) is 3.83. The Hall–Kier alpha value is -1.30. The standard InChI is InChI=1S/C10H13N5O4S/c16-2-5-6(17)7(18)9(19-5)15-20-10-4-1-13-14-8(4)11-3-12-10/h1,3,5-7,9,15-18H,2H2,(H,11,12,13,14)/t5-,6-,7-,9?/m1/s1. The van der Waals surface area contributed by atoms with E-state index in [1.165, 1.54) is 6.33 Å². The van der Waals surface area contributed by atoms with Crippen LogP contribution in [0.2, 0.25) is 0 Å². The number of aromatic nitrogens is 4. The minimum Gasteiger partial charge on any atom is -0.394 e. The van der Waals surface area contributed by atoms with E-state index in [1.54, 1.807) is 6.20 Å². The number of nitrogens with zero attached hydrogens (tertiary/aromatic N) is 3. The second-order valence-electron chi connectivity index (χ2n) is 4.29. The molecule has 4 atom stereocenters. The molecule has 0 bridgehead atoms. The van der Waals surface area contributed by atoms with Gasteiger partial charge in [0.2, 0.25) is 0 Å². The first kappa shape index (κ1) is 13.7. The minimum absolute atomic E-state index is 0.361. The van der Waals surface area contributed by atoms with Crippen molar-refractivity contribution in [2.24, 2.45) is 0 Å². The quantitative estimate of drug-likeness (QED) is 0.333. The van der Waals surface area contributed by atoms with Gasteiger partial charge in [0.05, 0.1) is 18.2 Å². The Morgan fingerprint density at radius 1 is 1.35 bits per heavy atom. The Morgan fingerprint density at radius 3 is 2.95 bits per heavy atom. The van der Waals surface area contributed by atoms with Gasteiger partial charge in [-0.3, -0.25) is 5.10 Å². The summed E-state index contributed by atoms with van der Waals surface area (Å²) in [5, 5.41) is 36.4. The Balaban J connectivity index is 1.69. The molecule has 10 heteroatoms. The second-order valence-corrected chi connectivity index (χ2v) is 5.12. The number of ether oxygens (including phenoxy) is 1. The lowest BCUT2D eigenvalue weighted by Gasteiger charge is -2.15. The van der Waals surface area contributed by atoms with Crippen molar-refractivity contribution in [1.82, 2.24) is 24.9 Å². The van der Waals surface area contributed by atoms with Gasteiger partial charge in [0.1, 0.15) is 35.9 Å². The number of aromatic amines is 1. The van der Waals surface area contributed by atoms with E-state index in [2.05, 4.69) is 24.9 Å². The summed E-state index contributed by atoms with van der Waals surface area (Å²) in [5.74, 6) is 0. The van der Waals surface area contributed by atoms with Crippen LogP contribution in [0.1, 0.15) is 0 Å². The zero-order chi connectivity index (χ0) is 14.1.